The quantitative estimate of drug-likeness (QED) is 0.712. The minimum Gasteiger partial charge on any atom is -0.392 e. The number of hydrogen-bond donors (Lipinski definition) is 1. The molecule has 1 rings (SSSR count). The summed E-state index contributed by atoms with van der Waals surface area (Å²) in [5, 5.41) is 0. The maximum absolute atomic E-state index is 11.7. The molecule has 0 amide bonds. The van der Waals surface area contributed by atoms with Crippen molar-refractivity contribution >= 4 is 38.8 Å². The summed E-state index contributed by atoms with van der Waals surface area (Å²) in [5.74, 6) is 0.558. The van der Waals surface area contributed by atoms with E-state index in [0.717, 1.165) is 25.9 Å². The molecule has 0 aromatic heterocycles. The lowest BCUT2D eigenvalue weighted by molar-refractivity contribution is 0.232. The van der Waals surface area contributed by atoms with E-state index in [0.29, 0.717) is 23.7 Å². The molecule has 112 valence electrons. The van der Waals surface area contributed by atoms with E-state index in [-0.39, 0.29) is 10.5 Å². The Kier molecular flexibility index (Phi) is 6.56. The van der Waals surface area contributed by atoms with Crippen molar-refractivity contribution in [2.24, 2.45) is 5.73 Å². The number of likely N-dealkylation sites (tertiary alicyclic amines) is 1. The summed E-state index contributed by atoms with van der Waals surface area (Å²) in [4.78, 5) is 2.79. The lowest BCUT2D eigenvalue weighted by atomic mass is 9.95. The number of sulfone groups is 1. The molecule has 1 saturated heterocycles. The summed E-state index contributed by atoms with van der Waals surface area (Å²) in [6.45, 7) is 4.28. The first kappa shape index (κ1) is 17.2. The number of nitrogens with zero attached hydrogens (tertiary/aromatic N) is 1. The number of nitrogens with two attached hydrogens (primary N) is 1. The highest BCUT2D eigenvalue weighted by atomic mass is 32.2. The van der Waals surface area contributed by atoms with Gasteiger partial charge in [-0.3, -0.25) is 0 Å². The molecule has 0 unspecified atom stereocenters. The van der Waals surface area contributed by atoms with Crippen molar-refractivity contribution in [3.8, 4) is 0 Å². The van der Waals surface area contributed by atoms with Gasteiger partial charge < -0.3 is 10.6 Å². The normalized spacial score (nSPS) is 20.3. The van der Waals surface area contributed by atoms with Crippen LogP contribution >= 0.6 is 24.0 Å². The van der Waals surface area contributed by atoms with Crippen LogP contribution < -0.4 is 5.73 Å². The molecular weight excluding hydrogens is 300 g/mol. The first-order valence-corrected chi connectivity index (χ1v) is 10.1. The largest absolute Gasteiger partial charge is 0.392 e. The molecular formula is C12H24N2O2S3. The molecule has 0 aliphatic carbocycles. The Morgan fingerprint density at radius 2 is 1.95 bits per heavy atom. The summed E-state index contributed by atoms with van der Waals surface area (Å²) >= 11 is 6.89. The van der Waals surface area contributed by atoms with Crippen molar-refractivity contribution in [1.29, 1.82) is 0 Å². The molecule has 1 aliphatic heterocycles. The highest BCUT2D eigenvalue weighted by molar-refractivity contribution is 8.02. The van der Waals surface area contributed by atoms with Crippen LogP contribution in [-0.2, 0) is 9.84 Å². The summed E-state index contributed by atoms with van der Waals surface area (Å²) in [7, 11) is -2.88. The Morgan fingerprint density at radius 1 is 1.37 bits per heavy atom. The Labute approximate surface area is 126 Å². The van der Waals surface area contributed by atoms with Crippen LogP contribution in [0.25, 0.3) is 0 Å². The summed E-state index contributed by atoms with van der Waals surface area (Å²) in [6, 6.07) is 0. The van der Waals surface area contributed by atoms with Crippen LogP contribution in [0.15, 0.2) is 0 Å². The van der Waals surface area contributed by atoms with Gasteiger partial charge in [-0.2, -0.15) is 11.8 Å². The predicted octanol–water partition coefficient (Wildman–Crippen LogP) is 1.29. The summed E-state index contributed by atoms with van der Waals surface area (Å²) < 4.78 is 23.3. The first-order chi connectivity index (χ1) is 8.85. The fourth-order valence-corrected chi connectivity index (χ4v) is 4.98. The number of piperidine rings is 1. The average molecular weight is 325 g/mol. The van der Waals surface area contributed by atoms with E-state index in [4.69, 9.17) is 18.0 Å². The third kappa shape index (κ3) is 4.88. The Hall–Kier alpha value is 0.150. The number of thioether (sulfide) groups is 1. The molecule has 0 spiro atoms. The fourth-order valence-electron chi connectivity index (χ4n) is 2.37. The molecule has 7 heteroatoms. The van der Waals surface area contributed by atoms with Crippen molar-refractivity contribution in [3.63, 3.8) is 0 Å². The third-order valence-electron chi connectivity index (χ3n) is 3.74. The van der Waals surface area contributed by atoms with Crippen LogP contribution in [0.5, 0.6) is 0 Å². The molecule has 0 aromatic rings. The predicted molar refractivity (Wildman–Crippen MR) is 87.7 cm³/mol. The molecule has 1 heterocycles. The molecule has 1 aliphatic rings. The second-order valence-electron chi connectivity index (χ2n) is 5.06. The molecule has 0 radical (unpaired) electrons. The molecule has 0 atom stereocenters. The smallest absolute Gasteiger partial charge is 0.151 e. The molecule has 0 bridgehead atoms. The van der Waals surface area contributed by atoms with Gasteiger partial charge in [0.25, 0.3) is 0 Å². The SMILES string of the molecule is CCCS(=O)(=O)CCN1CCC(SC)(C(N)=S)CC1. The van der Waals surface area contributed by atoms with E-state index < -0.39 is 9.84 Å². The van der Waals surface area contributed by atoms with E-state index in [2.05, 4.69) is 4.90 Å². The van der Waals surface area contributed by atoms with E-state index in [1.54, 1.807) is 11.8 Å². The second kappa shape index (κ2) is 7.24. The lowest BCUT2D eigenvalue weighted by Crippen LogP contribution is -2.50. The zero-order chi connectivity index (χ0) is 14.5. The van der Waals surface area contributed by atoms with Crippen molar-refractivity contribution in [3.05, 3.63) is 0 Å². The molecule has 0 aromatic carbocycles. The zero-order valence-corrected chi connectivity index (χ0v) is 14.2. The van der Waals surface area contributed by atoms with Crippen molar-refractivity contribution in [2.75, 3.05) is 37.4 Å². The molecule has 2 N–H and O–H groups in total. The molecule has 19 heavy (non-hydrogen) atoms. The molecule has 1 fully saturated rings. The van der Waals surface area contributed by atoms with Gasteiger partial charge in [0.2, 0.25) is 0 Å². The van der Waals surface area contributed by atoms with Gasteiger partial charge in [-0.1, -0.05) is 19.1 Å². The number of rotatable bonds is 7. The van der Waals surface area contributed by atoms with Crippen LogP contribution in [0.1, 0.15) is 26.2 Å². The average Bonchev–Trinajstić information content (AvgIpc) is 2.37. The van der Waals surface area contributed by atoms with Crippen molar-refractivity contribution in [2.45, 2.75) is 30.9 Å². The van der Waals surface area contributed by atoms with E-state index >= 15 is 0 Å². The second-order valence-corrected chi connectivity index (χ2v) is 8.99. The van der Waals surface area contributed by atoms with Gasteiger partial charge >= 0.3 is 0 Å². The minimum atomic E-state index is -2.88. The summed E-state index contributed by atoms with van der Waals surface area (Å²) in [6.07, 6.45) is 4.56. The number of thiocarbonyl (C=S) groups is 1. The highest BCUT2D eigenvalue weighted by Crippen LogP contribution is 2.34. The van der Waals surface area contributed by atoms with Crippen molar-refractivity contribution in [1.82, 2.24) is 4.90 Å². The van der Waals surface area contributed by atoms with Crippen LogP contribution in [0.4, 0.5) is 0 Å². The standard InChI is InChI=1S/C12H24N2O2S3/c1-3-9-19(15,16)10-8-14-6-4-12(18-2,5-7-14)11(13)17/h3-10H2,1-2H3,(H2,13,17). The lowest BCUT2D eigenvalue weighted by Gasteiger charge is -2.40. The van der Waals surface area contributed by atoms with Gasteiger partial charge in [0.15, 0.2) is 9.84 Å². The van der Waals surface area contributed by atoms with Gasteiger partial charge in [-0.15, -0.1) is 0 Å². The van der Waals surface area contributed by atoms with Gasteiger partial charge in [0.05, 0.1) is 15.5 Å². The van der Waals surface area contributed by atoms with Crippen molar-refractivity contribution < 1.29 is 8.42 Å². The maximum Gasteiger partial charge on any atom is 0.151 e. The highest BCUT2D eigenvalue weighted by Gasteiger charge is 2.36. The van der Waals surface area contributed by atoms with Crippen LogP contribution in [0, 0.1) is 0 Å². The summed E-state index contributed by atoms with van der Waals surface area (Å²) in [5.41, 5.74) is 5.84. The zero-order valence-electron chi connectivity index (χ0n) is 11.7. The Bertz CT molecular complexity index is 401. The maximum atomic E-state index is 11.7. The fraction of sp³-hybridized carbons (Fsp3) is 0.917. The number of hydrogen-bond acceptors (Lipinski definition) is 5. The van der Waals surface area contributed by atoms with E-state index in [1.807, 2.05) is 13.2 Å². The minimum absolute atomic E-state index is 0.0892. The third-order valence-corrected chi connectivity index (χ3v) is 7.50. The monoisotopic (exact) mass is 324 g/mol. The Morgan fingerprint density at radius 3 is 2.37 bits per heavy atom. The van der Waals surface area contributed by atoms with Gasteiger partial charge in [0.1, 0.15) is 0 Å². The molecule has 0 saturated carbocycles. The van der Waals surface area contributed by atoms with Gasteiger partial charge in [-0.25, -0.2) is 8.42 Å². The van der Waals surface area contributed by atoms with E-state index in [9.17, 15) is 8.42 Å². The van der Waals surface area contributed by atoms with Crippen LogP contribution in [0.2, 0.25) is 0 Å². The first-order valence-electron chi connectivity index (χ1n) is 6.63. The van der Waals surface area contributed by atoms with E-state index in [1.165, 1.54) is 0 Å². The van der Waals surface area contributed by atoms with Gasteiger partial charge in [0, 0.05) is 12.3 Å². The topological polar surface area (TPSA) is 63.4 Å². The molecule has 4 nitrogen and oxygen atoms in total. The van der Waals surface area contributed by atoms with Crippen LogP contribution in [-0.4, -0.2) is 60.4 Å². The Balaban J connectivity index is 2.45. The van der Waals surface area contributed by atoms with Crippen LogP contribution in [0.3, 0.4) is 0 Å². The van der Waals surface area contributed by atoms with Gasteiger partial charge in [-0.05, 0) is 38.6 Å².